The van der Waals surface area contributed by atoms with E-state index in [2.05, 4.69) is 34.1 Å². The van der Waals surface area contributed by atoms with Crippen molar-refractivity contribution < 1.29 is 8.42 Å². The molecule has 0 amide bonds. The molecule has 8 heteroatoms. The molecule has 1 aromatic heterocycles. The molecular weight excluding hydrogens is 504 g/mol. The molecule has 0 unspecified atom stereocenters. The lowest BCUT2D eigenvalue weighted by Gasteiger charge is -2.22. The minimum Gasteiger partial charge on any atom is -0.351 e. The Bertz CT molecular complexity index is 1550. The Morgan fingerprint density at radius 3 is 2.54 bits per heavy atom. The molecule has 1 saturated carbocycles. The van der Waals surface area contributed by atoms with Gasteiger partial charge in [0.25, 0.3) is 10.0 Å². The highest BCUT2D eigenvalue weighted by atomic mass is 35.5. The van der Waals surface area contributed by atoms with Crippen LogP contribution in [0.25, 0.3) is 22.0 Å². The summed E-state index contributed by atoms with van der Waals surface area (Å²) >= 11 is 6.11. The standard InChI is InChI=1S/C29H31ClN4O2S/c1-3-20-16-21(17-22-18-31-29(33-28(20)22)32-23-9-5-4-6-10-23)25-14-13-24(15-19(25)2)34-37(35,36)27-12-8-7-11-26(27)30/h7-8,11-18,23,34H,3-6,9-10H2,1-2H3,(H,31,32,33). The first-order valence-electron chi connectivity index (χ1n) is 12.8. The number of aromatic nitrogens is 2. The lowest BCUT2D eigenvalue weighted by Crippen LogP contribution is -2.23. The van der Waals surface area contributed by atoms with E-state index in [0.717, 1.165) is 39.6 Å². The van der Waals surface area contributed by atoms with Gasteiger partial charge in [-0.15, -0.1) is 0 Å². The van der Waals surface area contributed by atoms with Crippen molar-refractivity contribution >= 4 is 44.2 Å². The number of halogens is 1. The second-order valence-corrected chi connectivity index (χ2v) is 11.7. The largest absolute Gasteiger partial charge is 0.351 e. The fourth-order valence-corrected chi connectivity index (χ4v) is 6.64. The second kappa shape index (κ2) is 10.7. The molecule has 1 aliphatic rings. The predicted octanol–water partition coefficient (Wildman–Crippen LogP) is 7.37. The van der Waals surface area contributed by atoms with E-state index in [-0.39, 0.29) is 9.92 Å². The number of anilines is 2. The monoisotopic (exact) mass is 534 g/mol. The molecule has 0 radical (unpaired) electrons. The van der Waals surface area contributed by atoms with Crippen molar-refractivity contribution in [1.29, 1.82) is 0 Å². The zero-order chi connectivity index (χ0) is 26.0. The number of hydrogen-bond acceptors (Lipinski definition) is 5. The molecule has 2 N–H and O–H groups in total. The van der Waals surface area contributed by atoms with Gasteiger partial charge in [0, 0.05) is 23.3 Å². The average molecular weight is 535 g/mol. The minimum absolute atomic E-state index is 0.0536. The van der Waals surface area contributed by atoms with Crippen molar-refractivity contribution in [3.63, 3.8) is 0 Å². The third-order valence-electron chi connectivity index (χ3n) is 7.00. The number of hydrogen-bond donors (Lipinski definition) is 2. The van der Waals surface area contributed by atoms with Gasteiger partial charge in [-0.1, -0.05) is 56.0 Å². The molecule has 3 aromatic carbocycles. The van der Waals surface area contributed by atoms with E-state index in [4.69, 9.17) is 16.6 Å². The first kappa shape index (κ1) is 25.5. The maximum atomic E-state index is 12.9. The summed E-state index contributed by atoms with van der Waals surface area (Å²) < 4.78 is 28.4. The zero-order valence-corrected chi connectivity index (χ0v) is 22.7. The Hall–Kier alpha value is -3.16. The summed E-state index contributed by atoms with van der Waals surface area (Å²) in [6.07, 6.45) is 8.92. The Morgan fingerprint density at radius 1 is 1.03 bits per heavy atom. The maximum Gasteiger partial charge on any atom is 0.263 e. The number of sulfonamides is 1. The van der Waals surface area contributed by atoms with Crippen molar-refractivity contribution in [2.24, 2.45) is 0 Å². The van der Waals surface area contributed by atoms with Crippen LogP contribution in [0.4, 0.5) is 11.6 Å². The van der Waals surface area contributed by atoms with E-state index in [0.29, 0.717) is 17.7 Å². The molecule has 0 saturated heterocycles. The van der Waals surface area contributed by atoms with Crippen molar-refractivity contribution in [1.82, 2.24) is 9.97 Å². The molecule has 1 fully saturated rings. The molecule has 0 spiro atoms. The van der Waals surface area contributed by atoms with Crippen LogP contribution in [0.2, 0.25) is 5.02 Å². The zero-order valence-electron chi connectivity index (χ0n) is 21.1. The predicted molar refractivity (Wildman–Crippen MR) is 152 cm³/mol. The highest BCUT2D eigenvalue weighted by Gasteiger charge is 2.19. The summed E-state index contributed by atoms with van der Waals surface area (Å²) in [5, 5.41) is 4.71. The third kappa shape index (κ3) is 5.58. The summed E-state index contributed by atoms with van der Waals surface area (Å²) in [5.41, 5.74) is 5.66. The minimum atomic E-state index is -3.80. The molecule has 1 heterocycles. The van der Waals surface area contributed by atoms with E-state index in [1.54, 1.807) is 24.3 Å². The number of aryl methyl sites for hydroxylation is 2. The van der Waals surface area contributed by atoms with Gasteiger partial charge in [-0.05, 0) is 84.8 Å². The van der Waals surface area contributed by atoms with Crippen molar-refractivity contribution in [3.8, 4) is 11.1 Å². The van der Waals surface area contributed by atoms with Crippen LogP contribution in [0, 0.1) is 6.92 Å². The third-order valence-corrected chi connectivity index (χ3v) is 8.88. The molecule has 1 aliphatic carbocycles. The number of benzene rings is 3. The van der Waals surface area contributed by atoms with Gasteiger partial charge in [-0.3, -0.25) is 4.72 Å². The second-order valence-electron chi connectivity index (χ2n) is 9.67. The molecule has 5 rings (SSSR count). The summed E-state index contributed by atoms with van der Waals surface area (Å²) in [5.74, 6) is 0.702. The summed E-state index contributed by atoms with van der Waals surface area (Å²) in [4.78, 5) is 9.55. The van der Waals surface area contributed by atoms with Gasteiger partial charge in [0.2, 0.25) is 5.95 Å². The van der Waals surface area contributed by atoms with Crippen molar-refractivity contribution in [3.05, 3.63) is 76.9 Å². The lowest BCUT2D eigenvalue weighted by molar-refractivity contribution is 0.461. The number of nitrogens with zero attached hydrogens (tertiary/aromatic N) is 2. The van der Waals surface area contributed by atoms with Crippen LogP contribution in [0.5, 0.6) is 0 Å². The van der Waals surface area contributed by atoms with Gasteiger partial charge in [0.1, 0.15) is 4.90 Å². The lowest BCUT2D eigenvalue weighted by atomic mass is 9.95. The normalized spacial score (nSPS) is 14.6. The van der Waals surface area contributed by atoms with Crippen LogP contribution < -0.4 is 10.0 Å². The number of fused-ring (bicyclic) bond motifs is 1. The van der Waals surface area contributed by atoms with E-state index in [1.807, 2.05) is 25.3 Å². The molecule has 37 heavy (non-hydrogen) atoms. The van der Waals surface area contributed by atoms with Crippen LogP contribution in [-0.4, -0.2) is 24.4 Å². The molecule has 0 atom stereocenters. The van der Waals surface area contributed by atoms with Crippen molar-refractivity contribution in [2.75, 3.05) is 10.0 Å². The van der Waals surface area contributed by atoms with Crippen LogP contribution in [0.15, 0.2) is 65.7 Å². The SMILES string of the molecule is CCc1cc(-c2ccc(NS(=O)(=O)c3ccccc3Cl)cc2C)cc2cnc(NC3CCCCC3)nc12. The topological polar surface area (TPSA) is 84.0 Å². The smallest absolute Gasteiger partial charge is 0.263 e. The Morgan fingerprint density at radius 2 is 1.81 bits per heavy atom. The maximum absolute atomic E-state index is 12.9. The van der Waals surface area contributed by atoms with E-state index >= 15 is 0 Å². The van der Waals surface area contributed by atoms with E-state index in [9.17, 15) is 8.42 Å². The highest BCUT2D eigenvalue weighted by Crippen LogP contribution is 2.32. The molecule has 6 nitrogen and oxygen atoms in total. The quantitative estimate of drug-likeness (QED) is 0.258. The van der Waals surface area contributed by atoms with E-state index in [1.165, 1.54) is 38.2 Å². The average Bonchev–Trinajstić information content (AvgIpc) is 2.89. The molecule has 192 valence electrons. The highest BCUT2D eigenvalue weighted by molar-refractivity contribution is 7.92. The fraction of sp³-hybridized carbons (Fsp3) is 0.310. The van der Waals surface area contributed by atoms with Crippen LogP contribution in [0.3, 0.4) is 0 Å². The van der Waals surface area contributed by atoms with Crippen molar-refractivity contribution in [2.45, 2.75) is 63.3 Å². The fourth-order valence-electron chi connectivity index (χ4n) is 5.07. The van der Waals surface area contributed by atoms with Gasteiger partial charge in [0.15, 0.2) is 0 Å². The van der Waals surface area contributed by atoms with Gasteiger partial charge < -0.3 is 5.32 Å². The molecule has 4 aromatic rings. The first-order chi connectivity index (χ1) is 17.8. The summed E-state index contributed by atoms with van der Waals surface area (Å²) in [7, 11) is -3.80. The van der Waals surface area contributed by atoms with Crippen LogP contribution in [0.1, 0.15) is 50.2 Å². The van der Waals surface area contributed by atoms with Crippen LogP contribution >= 0.6 is 11.6 Å². The number of rotatable bonds is 7. The number of nitrogens with one attached hydrogen (secondary N) is 2. The molecule has 0 aliphatic heterocycles. The Balaban J connectivity index is 1.43. The molecular formula is C29H31ClN4O2S. The van der Waals surface area contributed by atoms with Gasteiger partial charge in [-0.25, -0.2) is 18.4 Å². The molecule has 0 bridgehead atoms. The van der Waals surface area contributed by atoms with Gasteiger partial charge >= 0.3 is 0 Å². The van der Waals surface area contributed by atoms with E-state index < -0.39 is 10.0 Å². The van der Waals surface area contributed by atoms with Gasteiger partial charge in [-0.2, -0.15) is 0 Å². The summed E-state index contributed by atoms with van der Waals surface area (Å²) in [6.45, 7) is 4.11. The summed E-state index contributed by atoms with van der Waals surface area (Å²) in [6, 6.07) is 16.7. The Kier molecular flexibility index (Phi) is 7.36. The first-order valence-corrected chi connectivity index (χ1v) is 14.6. The Labute approximate surface area is 223 Å². The van der Waals surface area contributed by atoms with Gasteiger partial charge in [0.05, 0.1) is 10.5 Å². The van der Waals surface area contributed by atoms with Crippen LogP contribution in [-0.2, 0) is 16.4 Å².